The molecule has 0 spiro atoms. The average Bonchev–Trinajstić information content (AvgIpc) is 1.49. The van der Waals surface area contributed by atoms with E-state index >= 15 is 0 Å². The zero-order valence-electron chi connectivity index (χ0n) is 81.6. The van der Waals surface area contributed by atoms with E-state index in [-0.39, 0.29) is 93.3 Å². The fourth-order valence-corrected chi connectivity index (χ4v) is 15.3. The van der Waals surface area contributed by atoms with Crippen LogP contribution in [0.15, 0.2) is 255 Å². The Kier molecular flexibility index (Phi) is 35.1. The van der Waals surface area contributed by atoms with Crippen LogP contribution in [0, 0.1) is 108 Å². The first-order valence-electron chi connectivity index (χ1n) is 45.8. The summed E-state index contributed by atoms with van der Waals surface area (Å²) in [5.41, 5.74) is 7.95. The summed E-state index contributed by atoms with van der Waals surface area (Å²) in [4.78, 5) is 38.4. The summed E-state index contributed by atoms with van der Waals surface area (Å²) < 4.78 is 151. The molecule has 0 aliphatic carbocycles. The van der Waals surface area contributed by atoms with Gasteiger partial charge in [0.2, 0.25) is 0 Å². The van der Waals surface area contributed by atoms with Crippen molar-refractivity contribution in [1.82, 2.24) is 118 Å². The standard InChI is InChI=1S/C31H14F10N6.C31H24N6.C25H28N6.C23H24N6.4Pd/c1-31(2,15-5-3-7-17(42-15)46-11-9-13(44-46)19-21(32)25(36)29(40)26(37)22(19)33)16-6-4-8-18(43-16)47-12-10-14(45-47)20-23(34)27(38)30(41)28(39)24(20)35;1-31(2,27-15-9-17-29(32-27)36-21-19-25(34-36)23-11-5-3-6-12-23)28-16-10-18-30(33-28)37-22-20-26(35-37)24-13-7-4-8-14-24;1-17(2)19-13-15-30(28-19)23-11-7-9-21(26-23)25(5,6)22-10-8-12-24(27-22)31-16-14-20(29-31)18(3)4;1-5-17-13-15-28(26-17)21-11-7-9-19(24-21)23(3,4)20-10-8-12-22(25-20)29-16-14-18(6-2)27-29;;;;/h3-10H,1-2H3;3-20H,1-2H3;7-14,17-18H,1-6H3;7-14H,5-6H2,1-4H3;;;;/q4*-2;4*+2. The molecular weight excluding hydrogens is 2270 g/mol. The Morgan fingerprint density at radius 1 is 0.223 bits per heavy atom. The molecular formula is C110H90F10N24Pd4. The fourth-order valence-electron chi connectivity index (χ4n) is 15.3. The zero-order valence-corrected chi connectivity index (χ0v) is 87.8. The van der Waals surface area contributed by atoms with Crippen LogP contribution in [-0.2, 0) is 116 Å². The smallest absolute Gasteiger partial charge is 0.343 e. The van der Waals surface area contributed by atoms with Crippen molar-refractivity contribution < 1.29 is 126 Å². The molecule has 0 saturated carbocycles. The molecule has 148 heavy (non-hydrogen) atoms. The number of hydrogen-bond donors (Lipinski definition) is 0. The molecule has 16 heterocycles. The molecule has 0 aliphatic rings. The SMILES string of the molecule is CC(C)(c1cccc(-n2[c-]cc(-c3c(F)c(F)c(F)c(F)c3F)n2)n1)c1cccc(-n2[c-]cc(-c3c(F)c(F)c(F)c(F)c3F)n2)n1.CC(C)(c1cccc(-n2[c-]cc(-c3ccccc3)n2)n1)c1cccc(-n2[c-]cc(-c3ccccc3)n2)n1.CC(C)c1c[c-]n(-c2cccc(C(C)(C)c3cccc(-n4[c-]cc(C(C)C)n4)n3)n2)n1.CCc1c[c-]n(-c2cccc(C(C)(C)c3cccc(-n4[c-]cc(CC)n4)n3)n2)n1.[Pd+2].[Pd+2].[Pd+2].[Pd+2]. The van der Waals surface area contributed by atoms with Crippen molar-refractivity contribution in [2.45, 2.75) is 143 Å². The second-order valence-electron chi connectivity index (χ2n) is 36.0. The van der Waals surface area contributed by atoms with Crippen LogP contribution in [0.1, 0.15) is 177 Å². The molecule has 0 aliphatic heterocycles. The summed E-state index contributed by atoms with van der Waals surface area (Å²) in [6.07, 6.45) is 25.8. The molecule has 16 aromatic heterocycles. The van der Waals surface area contributed by atoms with Gasteiger partial charge < -0.3 is 37.5 Å². The molecule has 0 amide bonds. The van der Waals surface area contributed by atoms with E-state index in [1.807, 2.05) is 206 Å². The first-order chi connectivity index (χ1) is 69.1. The van der Waals surface area contributed by atoms with E-state index in [1.54, 1.807) is 66.2 Å². The third kappa shape index (κ3) is 23.5. The molecule has 0 unspecified atom stereocenters. The van der Waals surface area contributed by atoms with E-state index in [1.165, 1.54) is 12.1 Å². The summed E-state index contributed by atoms with van der Waals surface area (Å²) in [6.45, 7) is 28.8. The number of hydrogen-bond acceptors (Lipinski definition) is 16. The van der Waals surface area contributed by atoms with Gasteiger partial charge in [-0.15, -0.1) is 48.5 Å². The van der Waals surface area contributed by atoms with Crippen LogP contribution in [0.25, 0.3) is 91.6 Å². The Hall–Kier alpha value is -14.3. The molecule has 0 atom stereocenters. The van der Waals surface area contributed by atoms with Gasteiger partial charge in [0.05, 0.1) is 46.5 Å². The van der Waals surface area contributed by atoms with Crippen LogP contribution in [0.4, 0.5) is 43.9 Å². The summed E-state index contributed by atoms with van der Waals surface area (Å²) in [5.74, 6) is -16.2. The number of nitrogens with zero attached hydrogens (tertiary/aromatic N) is 24. The largest absolute Gasteiger partial charge is 2.00 e. The molecule has 24 nitrogen and oxygen atoms in total. The number of aryl methyl sites for hydroxylation is 2. The van der Waals surface area contributed by atoms with Gasteiger partial charge in [0.1, 0.15) is 0 Å². The topological polar surface area (TPSA) is 246 Å². The molecule has 20 aromatic rings. The second kappa shape index (κ2) is 46.8. The normalized spacial score (nSPS) is 11.5. The molecule has 0 radical (unpaired) electrons. The van der Waals surface area contributed by atoms with Gasteiger partial charge in [-0.2, -0.15) is 0 Å². The summed E-state index contributed by atoms with van der Waals surface area (Å²) in [7, 11) is 0. The maximum absolute atomic E-state index is 14.3. The second-order valence-corrected chi connectivity index (χ2v) is 36.0. The monoisotopic (exact) mass is 2360 g/mol. The number of pyridine rings is 8. The minimum Gasteiger partial charge on any atom is -0.343 e. The summed E-state index contributed by atoms with van der Waals surface area (Å²) >= 11 is 0. The predicted octanol–water partition coefficient (Wildman–Crippen LogP) is 22.5. The Balaban J connectivity index is 0.000000166. The van der Waals surface area contributed by atoms with Gasteiger partial charge in [0.15, 0.2) is 58.2 Å². The van der Waals surface area contributed by atoms with Crippen molar-refractivity contribution in [2.75, 3.05) is 0 Å². The molecule has 760 valence electrons. The van der Waals surface area contributed by atoms with Crippen LogP contribution >= 0.6 is 0 Å². The van der Waals surface area contributed by atoms with E-state index in [0.717, 1.165) is 137 Å². The fraction of sp³-hybridized carbons (Fsp3) is 0.200. The molecule has 38 heteroatoms. The molecule has 0 N–H and O–H groups in total. The van der Waals surface area contributed by atoms with Crippen LogP contribution < -0.4 is 0 Å². The number of halogens is 10. The van der Waals surface area contributed by atoms with Crippen LogP contribution in [-0.4, -0.2) is 118 Å². The number of benzene rings is 4. The van der Waals surface area contributed by atoms with Gasteiger partial charge in [0.25, 0.3) is 0 Å². The van der Waals surface area contributed by atoms with E-state index in [4.69, 9.17) is 40.1 Å². The number of rotatable bonds is 24. The van der Waals surface area contributed by atoms with Gasteiger partial charge in [-0.3, -0.25) is 80.7 Å². The van der Waals surface area contributed by atoms with E-state index < -0.39 is 102 Å². The molecule has 0 saturated heterocycles. The van der Waals surface area contributed by atoms with Crippen molar-refractivity contribution in [2.24, 2.45) is 0 Å². The zero-order chi connectivity index (χ0) is 102. The Labute approximate surface area is 902 Å². The van der Waals surface area contributed by atoms with Gasteiger partial charge in [0, 0.05) is 78.3 Å². The Morgan fingerprint density at radius 2 is 0.412 bits per heavy atom. The van der Waals surface area contributed by atoms with Crippen molar-refractivity contribution in [3.05, 3.63) is 431 Å². The third-order valence-electron chi connectivity index (χ3n) is 24.1. The summed E-state index contributed by atoms with van der Waals surface area (Å²) in [5, 5.41) is 35.5. The minimum absolute atomic E-state index is 0. The van der Waals surface area contributed by atoms with E-state index in [2.05, 4.69) is 173 Å². The minimum atomic E-state index is -2.31. The van der Waals surface area contributed by atoms with Gasteiger partial charge >= 0.3 is 81.7 Å². The van der Waals surface area contributed by atoms with Crippen molar-refractivity contribution in [3.63, 3.8) is 0 Å². The van der Waals surface area contributed by atoms with Crippen molar-refractivity contribution in [3.8, 4) is 91.6 Å². The van der Waals surface area contributed by atoms with Gasteiger partial charge in [-0.05, 0) is 161 Å². The van der Waals surface area contributed by atoms with Crippen molar-refractivity contribution >= 4 is 0 Å². The maximum Gasteiger partial charge on any atom is 2.00 e. The molecule has 20 rings (SSSR count). The molecule has 4 aromatic carbocycles. The molecule has 0 bridgehead atoms. The van der Waals surface area contributed by atoms with E-state index in [9.17, 15) is 43.9 Å². The first-order valence-corrected chi connectivity index (χ1v) is 45.8. The number of aromatic nitrogens is 24. The van der Waals surface area contributed by atoms with Crippen LogP contribution in [0.2, 0.25) is 0 Å². The Bertz CT molecular complexity index is 7510. The Morgan fingerprint density at radius 3 is 0.622 bits per heavy atom. The quantitative estimate of drug-likeness (QED) is 0.0179. The van der Waals surface area contributed by atoms with Gasteiger partial charge in [-0.1, -0.05) is 273 Å². The van der Waals surface area contributed by atoms with Crippen molar-refractivity contribution in [1.29, 1.82) is 0 Å². The van der Waals surface area contributed by atoms with Crippen LogP contribution in [0.3, 0.4) is 0 Å². The molecule has 0 fully saturated rings. The van der Waals surface area contributed by atoms with Crippen LogP contribution in [0.5, 0.6) is 0 Å². The maximum atomic E-state index is 14.3. The first kappa shape index (κ1) is 111. The van der Waals surface area contributed by atoms with Gasteiger partial charge in [-0.25, -0.2) is 43.9 Å². The average molecular weight is 2360 g/mol. The van der Waals surface area contributed by atoms with E-state index in [0.29, 0.717) is 34.9 Å². The summed E-state index contributed by atoms with van der Waals surface area (Å²) in [6, 6.07) is 78.3. The third-order valence-corrected chi connectivity index (χ3v) is 24.1. The predicted molar refractivity (Wildman–Crippen MR) is 518 cm³/mol.